The Morgan fingerprint density at radius 1 is 0.253 bits per heavy atom. The van der Waals surface area contributed by atoms with Crippen molar-refractivity contribution in [3.63, 3.8) is 0 Å². The van der Waals surface area contributed by atoms with E-state index in [0.717, 1.165) is 89.9 Å². The van der Waals surface area contributed by atoms with Crippen LogP contribution in [0.3, 0.4) is 0 Å². The van der Waals surface area contributed by atoms with Gasteiger partial charge in [0.2, 0.25) is 0 Å². The molecule has 0 heterocycles. The maximum absolute atomic E-state index is 13.0. The molecule has 0 aliphatic rings. The summed E-state index contributed by atoms with van der Waals surface area (Å²) in [5.41, 5.74) is 0. The van der Waals surface area contributed by atoms with Crippen LogP contribution in [0, 0.1) is 0 Å². The quantitative estimate of drug-likeness (QED) is 0.0261. The molecule has 0 radical (unpaired) electrons. The molecule has 484 valence electrons. The minimum atomic E-state index is -0.772. The van der Waals surface area contributed by atoms with E-state index >= 15 is 0 Å². The van der Waals surface area contributed by atoms with Crippen LogP contribution in [0.5, 0.6) is 0 Å². The summed E-state index contributed by atoms with van der Waals surface area (Å²) in [6.45, 7) is 6.61. The Morgan fingerprint density at radius 3 is 0.735 bits per heavy atom. The summed E-state index contributed by atoms with van der Waals surface area (Å²) in [5, 5.41) is 0. The zero-order valence-corrected chi connectivity index (χ0v) is 55.7. The van der Waals surface area contributed by atoms with E-state index in [0.29, 0.717) is 19.3 Å². The molecule has 0 aliphatic heterocycles. The Kier molecular flexibility index (Phi) is 69.1. The van der Waals surface area contributed by atoms with Crippen molar-refractivity contribution >= 4 is 17.9 Å². The number of ether oxygens (including phenoxy) is 3. The molecular weight excluding hydrogens is 1020 g/mol. The molecule has 0 N–H and O–H groups in total. The van der Waals surface area contributed by atoms with E-state index in [1.54, 1.807) is 0 Å². The second-order valence-electron chi connectivity index (χ2n) is 24.8. The first-order valence-electron chi connectivity index (χ1n) is 36.8. The second kappa shape index (κ2) is 71.6. The first-order chi connectivity index (χ1) is 41.0. The van der Waals surface area contributed by atoms with Gasteiger partial charge in [-0.2, -0.15) is 0 Å². The lowest BCUT2D eigenvalue weighted by molar-refractivity contribution is -0.167. The number of allylic oxidation sites excluding steroid dienone is 10. The molecular formula is C77H140O6. The smallest absolute Gasteiger partial charge is 0.306 e. The van der Waals surface area contributed by atoms with Crippen LogP contribution in [-0.4, -0.2) is 37.2 Å². The zero-order chi connectivity index (χ0) is 59.9. The molecule has 1 unspecified atom stereocenters. The summed E-state index contributed by atoms with van der Waals surface area (Å²) < 4.78 is 17.0. The first kappa shape index (κ1) is 80.1. The van der Waals surface area contributed by atoms with E-state index in [-0.39, 0.29) is 31.1 Å². The van der Waals surface area contributed by atoms with E-state index in [9.17, 15) is 14.4 Å². The average Bonchev–Trinajstić information content (AvgIpc) is 3.49. The van der Waals surface area contributed by atoms with Gasteiger partial charge in [0.05, 0.1) is 0 Å². The maximum atomic E-state index is 13.0. The van der Waals surface area contributed by atoms with E-state index in [4.69, 9.17) is 14.2 Å². The van der Waals surface area contributed by atoms with Crippen LogP contribution in [0.4, 0.5) is 0 Å². The fourth-order valence-corrected chi connectivity index (χ4v) is 11.1. The SMILES string of the molecule is CC/C=C\C/C=C\C/C=C\C/C=C\C/C=C\CCCCCCCCCCCCCCCC(=O)OCC(COC(=O)CCCCCCCCCCCCCCCCCCCC)OC(=O)CCCCCCCCCCCCCCCCCCCC. The third-order valence-electron chi connectivity index (χ3n) is 16.5. The molecule has 0 fully saturated rings. The number of hydrogen-bond donors (Lipinski definition) is 0. The number of carbonyl (C=O) groups is 3. The van der Waals surface area contributed by atoms with Crippen LogP contribution in [0.15, 0.2) is 60.8 Å². The predicted molar refractivity (Wildman–Crippen MR) is 362 cm³/mol. The summed E-state index contributed by atoms with van der Waals surface area (Å²) in [6.07, 6.45) is 92.5. The van der Waals surface area contributed by atoms with Crippen LogP contribution in [0.1, 0.15) is 393 Å². The van der Waals surface area contributed by atoms with Gasteiger partial charge in [0.15, 0.2) is 6.10 Å². The van der Waals surface area contributed by atoms with Crippen LogP contribution < -0.4 is 0 Å². The standard InChI is InChI=1S/C77H140O6/c1-4-7-10-13-16-19-22-25-28-31-34-35-36-37-38-39-40-41-42-43-44-47-49-52-55-58-61-64-67-70-76(79)82-73-74(83-77(80)71-68-65-62-59-56-53-50-46-33-30-27-24-21-18-15-12-9-6-3)72-81-75(78)69-66-63-60-57-54-51-48-45-32-29-26-23-20-17-14-11-8-5-2/h7,10,16,19,25,28,34-35,37-38,74H,4-6,8-9,11-15,17-18,20-24,26-27,29-33,36,39-73H2,1-3H3/b10-7-,19-16-,28-25-,35-34-,38-37-. The van der Waals surface area contributed by atoms with Gasteiger partial charge in [0, 0.05) is 19.3 Å². The van der Waals surface area contributed by atoms with Gasteiger partial charge in [-0.25, -0.2) is 0 Å². The Bertz CT molecular complexity index is 1470. The van der Waals surface area contributed by atoms with Gasteiger partial charge >= 0.3 is 17.9 Å². The number of hydrogen-bond acceptors (Lipinski definition) is 6. The number of esters is 3. The highest BCUT2D eigenvalue weighted by Crippen LogP contribution is 2.19. The first-order valence-corrected chi connectivity index (χ1v) is 36.8. The van der Waals surface area contributed by atoms with Crippen molar-refractivity contribution in [3.8, 4) is 0 Å². The van der Waals surface area contributed by atoms with Crippen molar-refractivity contribution < 1.29 is 28.6 Å². The Morgan fingerprint density at radius 2 is 0.470 bits per heavy atom. The van der Waals surface area contributed by atoms with E-state index < -0.39 is 6.10 Å². The zero-order valence-electron chi connectivity index (χ0n) is 55.7. The van der Waals surface area contributed by atoms with E-state index in [1.807, 2.05) is 0 Å². The van der Waals surface area contributed by atoms with Crippen molar-refractivity contribution in [1.29, 1.82) is 0 Å². The normalized spacial score (nSPS) is 12.4. The van der Waals surface area contributed by atoms with Gasteiger partial charge in [0.25, 0.3) is 0 Å². The predicted octanol–water partition coefficient (Wildman–Crippen LogP) is 25.5. The van der Waals surface area contributed by atoms with Gasteiger partial charge < -0.3 is 14.2 Å². The lowest BCUT2D eigenvalue weighted by atomic mass is 10.0. The molecule has 0 saturated heterocycles. The molecule has 1 atom stereocenters. The van der Waals surface area contributed by atoms with Crippen molar-refractivity contribution in [1.82, 2.24) is 0 Å². The van der Waals surface area contributed by atoms with E-state index in [2.05, 4.69) is 81.5 Å². The number of carbonyl (C=O) groups excluding carboxylic acids is 3. The maximum Gasteiger partial charge on any atom is 0.306 e. The lowest BCUT2D eigenvalue weighted by Crippen LogP contribution is -2.30. The van der Waals surface area contributed by atoms with E-state index in [1.165, 1.54) is 263 Å². The third kappa shape index (κ3) is 69.8. The molecule has 0 aliphatic carbocycles. The molecule has 6 nitrogen and oxygen atoms in total. The molecule has 6 heteroatoms. The molecule has 0 aromatic carbocycles. The molecule has 0 aromatic heterocycles. The van der Waals surface area contributed by atoms with Gasteiger partial charge in [-0.15, -0.1) is 0 Å². The highest BCUT2D eigenvalue weighted by atomic mass is 16.6. The molecule has 0 bridgehead atoms. The fraction of sp³-hybridized carbons (Fsp3) is 0.831. The Balaban J connectivity index is 4.26. The Labute approximate surface area is 517 Å². The molecule has 0 spiro atoms. The number of rotatable bonds is 68. The van der Waals surface area contributed by atoms with Crippen molar-refractivity contribution in [2.45, 2.75) is 399 Å². The van der Waals surface area contributed by atoms with Crippen molar-refractivity contribution in [2.24, 2.45) is 0 Å². The van der Waals surface area contributed by atoms with Crippen molar-refractivity contribution in [2.75, 3.05) is 13.2 Å². The van der Waals surface area contributed by atoms with Gasteiger partial charge in [-0.05, 0) is 64.2 Å². The lowest BCUT2D eigenvalue weighted by Gasteiger charge is -2.18. The molecule has 0 saturated carbocycles. The topological polar surface area (TPSA) is 78.9 Å². The van der Waals surface area contributed by atoms with Crippen LogP contribution in [0.25, 0.3) is 0 Å². The average molecular weight is 1160 g/mol. The minimum absolute atomic E-state index is 0.0670. The summed E-state index contributed by atoms with van der Waals surface area (Å²) >= 11 is 0. The molecule has 0 rings (SSSR count). The largest absolute Gasteiger partial charge is 0.462 e. The third-order valence-corrected chi connectivity index (χ3v) is 16.5. The Hall–Kier alpha value is -2.89. The molecule has 83 heavy (non-hydrogen) atoms. The summed E-state index contributed by atoms with van der Waals surface area (Å²) in [5.74, 6) is -0.837. The highest BCUT2D eigenvalue weighted by molar-refractivity contribution is 5.71. The van der Waals surface area contributed by atoms with Gasteiger partial charge in [-0.1, -0.05) is 370 Å². The minimum Gasteiger partial charge on any atom is -0.462 e. The number of unbranched alkanes of at least 4 members (excludes halogenated alkanes) is 47. The van der Waals surface area contributed by atoms with Gasteiger partial charge in [-0.3, -0.25) is 14.4 Å². The highest BCUT2D eigenvalue weighted by Gasteiger charge is 2.19. The monoisotopic (exact) mass is 1160 g/mol. The second-order valence-corrected chi connectivity index (χ2v) is 24.8. The summed E-state index contributed by atoms with van der Waals surface area (Å²) in [4.78, 5) is 38.5. The summed E-state index contributed by atoms with van der Waals surface area (Å²) in [7, 11) is 0. The van der Waals surface area contributed by atoms with Gasteiger partial charge in [0.1, 0.15) is 13.2 Å². The molecule has 0 amide bonds. The van der Waals surface area contributed by atoms with Crippen LogP contribution in [0.2, 0.25) is 0 Å². The van der Waals surface area contributed by atoms with Crippen molar-refractivity contribution in [3.05, 3.63) is 60.8 Å². The van der Waals surface area contributed by atoms with Crippen LogP contribution >= 0.6 is 0 Å². The fourth-order valence-electron chi connectivity index (χ4n) is 11.1. The summed E-state index contributed by atoms with van der Waals surface area (Å²) in [6, 6.07) is 0. The van der Waals surface area contributed by atoms with Crippen LogP contribution in [-0.2, 0) is 28.6 Å². The molecule has 0 aromatic rings.